The topological polar surface area (TPSA) is 100.0 Å². The van der Waals surface area contributed by atoms with Crippen molar-refractivity contribution < 1.29 is 24.5 Å². The highest BCUT2D eigenvalue weighted by atomic mass is 79.9. The van der Waals surface area contributed by atoms with Crippen LogP contribution in [-0.4, -0.2) is 58.2 Å². The zero-order chi connectivity index (χ0) is 26.3. The fraction of sp³-hybridized carbons (Fsp3) is 0.296. The fourth-order valence-corrected chi connectivity index (χ4v) is 4.66. The summed E-state index contributed by atoms with van der Waals surface area (Å²) in [5.41, 5.74) is 2.17. The Bertz CT molecular complexity index is 1140. The molecule has 3 aromatic rings. The Hall–Kier alpha value is -3.01. The Morgan fingerprint density at radius 1 is 1.06 bits per heavy atom. The Labute approximate surface area is 224 Å². The van der Waals surface area contributed by atoms with E-state index in [0.29, 0.717) is 12.2 Å². The van der Waals surface area contributed by atoms with Crippen molar-refractivity contribution >= 4 is 49.5 Å². The van der Waals surface area contributed by atoms with Crippen LogP contribution in [-0.2, 0) is 9.59 Å². The van der Waals surface area contributed by atoms with Gasteiger partial charge in [-0.1, -0.05) is 40.9 Å². The molecule has 0 amide bonds. The first-order valence-corrected chi connectivity index (χ1v) is 13.1. The smallest absolute Gasteiger partial charge is 0.328 e. The number of carboxylic acid groups (broad SMARTS) is 2. The van der Waals surface area contributed by atoms with Gasteiger partial charge in [-0.25, -0.2) is 9.59 Å². The second kappa shape index (κ2) is 15.9. The van der Waals surface area contributed by atoms with E-state index in [2.05, 4.69) is 69.2 Å². The van der Waals surface area contributed by atoms with Gasteiger partial charge in [0.1, 0.15) is 5.75 Å². The molecular formula is C27H31BrN2O5S. The fourth-order valence-electron chi connectivity index (χ4n) is 3.31. The predicted octanol–water partition coefficient (Wildman–Crippen LogP) is 6.49. The highest BCUT2D eigenvalue weighted by Gasteiger charge is 2.09. The van der Waals surface area contributed by atoms with Crippen LogP contribution in [0.25, 0.3) is 21.3 Å². The maximum Gasteiger partial charge on any atom is 0.328 e. The zero-order valence-corrected chi connectivity index (χ0v) is 22.6. The van der Waals surface area contributed by atoms with E-state index < -0.39 is 11.9 Å². The van der Waals surface area contributed by atoms with Crippen LogP contribution in [0.5, 0.6) is 5.75 Å². The summed E-state index contributed by atoms with van der Waals surface area (Å²) in [4.78, 5) is 21.4. The van der Waals surface area contributed by atoms with Crippen LogP contribution in [0.2, 0.25) is 0 Å². The number of halogens is 1. The Balaban J connectivity index is 0.000000493. The van der Waals surface area contributed by atoms with Crippen LogP contribution < -0.4 is 4.74 Å². The number of ether oxygens (including phenoxy) is 1. The van der Waals surface area contributed by atoms with E-state index in [0.717, 1.165) is 47.6 Å². The largest absolute Gasteiger partial charge is 0.494 e. The van der Waals surface area contributed by atoms with Crippen LogP contribution >= 0.6 is 27.5 Å². The monoisotopic (exact) mass is 574 g/mol. The number of hydrogen-bond donors (Lipinski definition) is 2. The van der Waals surface area contributed by atoms with Gasteiger partial charge in [0.05, 0.1) is 17.0 Å². The van der Waals surface area contributed by atoms with Crippen LogP contribution in [0.1, 0.15) is 25.7 Å². The van der Waals surface area contributed by atoms with Crippen molar-refractivity contribution in [3.05, 3.63) is 71.7 Å². The van der Waals surface area contributed by atoms with Gasteiger partial charge in [0.25, 0.3) is 0 Å². The summed E-state index contributed by atoms with van der Waals surface area (Å²) >= 11 is 5.06. The summed E-state index contributed by atoms with van der Waals surface area (Å²) in [5.74, 6) is -1.59. The van der Waals surface area contributed by atoms with Crippen molar-refractivity contribution in [2.75, 3.05) is 26.7 Å². The van der Waals surface area contributed by atoms with Gasteiger partial charge in [-0.2, -0.15) is 4.37 Å². The third-order valence-electron chi connectivity index (χ3n) is 5.07. The number of aromatic nitrogens is 1. The molecule has 2 N–H and O–H groups in total. The molecule has 0 bridgehead atoms. The van der Waals surface area contributed by atoms with Gasteiger partial charge >= 0.3 is 11.9 Å². The normalized spacial score (nSPS) is 10.9. The summed E-state index contributed by atoms with van der Waals surface area (Å²) in [6.45, 7) is 6.65. The Morgan fingerprint density at radius 3 is 2.36 bits per heavy atom. The van der Waals surface area contributed by atoms with Gasteiger partial charge in [0.2, 0.25) is 0 Å². The summed E-state index contributed by atoms with van der Waals surface area (Å²) in [5, 5.41) is 16.8. The second-order valence-electron chi connectivity index (χ2n) is 8.02. The lowest BCUT2D eigenvalue weighted by molar-refractivity contribution is -0.134. The molecule has 3 rings (SSSR count). The molecule has 192 valence electrons. The van der Waals surface area contributed by atoms with Crippen LogP contribution in [0.4, 0.5) is 0 Å². The third-order valence-corrected chi connectivity index (χ3v) is 6.38. The van der Waals surface area contributed by atoms with E-state index in [-0.39, 0.29) is 0 Å². The Kier molecular flexibility index (Phi) is 12.9. The molecule has 0 aliphatic carbocycles. The molecule has 9 heteroatoms. The van der Waals surface area contributed by atoms with Crippen molar-refractivity contribution in [1.82, 2.24) is 9.27 Å². The lowest BCUT2D eigenvalue weighted by atomic mass is 10.1. The lowest BCUT2D eigenvalue weighted by Crippen LogP contribution is -2.19. The van der Waals surface area contributed by atoms with Crippen molar-refractivity contribution in [1.29, 1.82) is 0 Å². The molecular weight excluding hydrogens is 544 g/mol. The average Bonchev–Trinajstić information content (AvgIpc) is 3.26. The second-order valence-corrected chi connectivity index (χ2v) is 9.74. The number of benzene rings is 2. The molecule has 0 radical (unpaired) electrons. The molecule has 0 saturated carbocycles. The minimum Gasteiger partial charge on any atom is -0.494 e. The molecule has 0 saturated heterocycles. The van der Waals surface area contributed by atoms with Gasteiger partial charge in [0, 0.05) is 34.1 Å². The number of hydrogen-bond acceptors (Lipinski definition) is 6. The van der Waals surface area contributed by atoms with Crippen molar-refractivity contribution in [3.8, 4) is 17.0 Å². The van der Waals surface area contributed by atoms with Crippen molar-refractivity contribution in [3.63, 3.8) is 0 Å². The first-order valence-electron chi connectivity index (χ1n) is 11.5. The molecule has 7 nitrogen and oxygen atoms in total. The average molecular weight is 576 g/mol. The minimum atomic E-state index is -1.26. The first-order chi connectivity index (χ1) is 17.3. The highest BCUT2D eigenvalue weighted by molar-refractivity contribution is 9.10. The number of carbonyl (C=O) groups is 2. The van der Waals surface area contributed by atoms with Gasteiger partial charge in [-0.05, 0) is 74.4 Å². The van der Waals surface area contributed by atoms with E-state index in [9.17, 15) is 9.59 Å². The van der Waals surface area contributed by atoms with E-state index in [4.69, 9.17) is 14.9 Å². The third kappa shape index (κ3) is 10.7. The van der Waals surface area contributed by atoms with E-state index in [1.807, 2.05) is 18.2 Å². The number of likely N-dealkylation sites (N-methyl/N-ethyl adjacent to an activating group) is 1. The quantitative estimate of drug-likeness (QED) is 0.136. The van der Waals surface area contributed by atoms with Crippen molar-refractivity contribution in [2.45, 2.75) is 25.7 Å². The maximum absolute atomic E-state index is 9.55. The van der Waals surface area contributed by atoms with Crippen LogP contribution in [0, 0.1) is 0 Å². The molecule has 0 aliphatic heterocycles. The number of nitrogens with zero attached hydrogens (tertiary/aromatic N) is 2. The molecule has 0 aliphatic rings. The SMILES string of the molecule is C=CCN(C)CCCCCCOc1ccc(-c2nsc3cc(Br)ccc23)cc1.O=C(O)/C=C/C(=O)O. The number of fused-ring (bicyclic) bond motifs is 1. The standard InChI is InChI=1S/C23H27BrN2OS.C4H4O4/c1-3-14-26(2)15-6-4-5-7-16-27-20-11-8-18(9-12-20)23-21-13-10-19(24)17-22(21)28-25-23;5-3(6)1-2-4(7)8/h3,8-13,17H,1,4-7,14-16H2,2H3;1-2H,(H,5,6)(H,7,8)/b;2-1+. The van der Waals surface area contributed by atoms with Gasteiger partial charge in [-0.3, -0.25) is 0 Å². The molecule has 0 spiro atoms. The van der Waals surface area contributed by atoms with E-state index in [1.165, 1.54) is 40.9 Å². The molecule has 36 heavy (non-hydrogen) atoms. The van der Waals surface area contributed by atoms with Gasteiger partial charge < -0.3 is 19.8 Å². The van der Waals surface area contributed by atoms with E-state index >= 15 is 0 Å². The summed E-state index contributed by atoms with van der Waals surface area (Å²) in [6, 6.07) is 14.6. The number of unbranched alkanes of at least 4 members (excludes halogenated alkanes) is 3. The molecule has 1 aromatic heterocycles. The van der Waals surface area contributed by atoms with Crippen molar-refractivity contribution in [2.24, 2.45) is 0 Å². The maximum atomic E-state index is 9.55. The lowest BCUT2D eigenvalue weighted by Gasteiger charge is -2.13. The van der Waals surface area contributed by atoms with Gasteiger partial charge in [0.15, 0.2) is 0 Å². The number of carboxylic acids is 2. The van der Waals surface area contributed by atoms with Gasteiger partial charge in [-0.15, -0.1) is 6.58 Å². The zero-order valence-electron chi connectivity index (χ0n) is 20.2. The number of rotatable bonds is 13. The first kappa shape index (κ1) is 29.2. The molecule has 0 atom stereocenters. The molecule has 2 aromatic carbocycles. The molecule has 0 unspecified atom stereocenters. The van der Waals surface area contributed by atoms with Crippen LogP contribution in [0.15, 0.2) is 71.7 Å². The minimum absolute atomic E-state index is 0.558. The summed E-state index contributed by atoms with van der Waals surface area (Å²) in [7, 11) is 2.14. The number of aliphatic carboxylic acids is 2. The van der Waals surface area contributed by atoms with Crippen LogP contribution in [0.3, 0.4) is 0 Å². The van der Waals surface area contributed by atoms with E-state index in [1.54, 1.807) is 0 Å². The summed E-state index contributed by atoms with van der Waals surface area (Å²) in [6.07, 6.45) is 7.85. The molecule has 1 heterocycles. The summed E-state index contributed by atoms with van der Waals surface area (Å²) < 4.78 is 12.8. The molecule has 0 fully saturated rings. The highest BCUT2D eigenvalue weighted by Crippen LogP contribution is 2.33. The Morgan fingerprint density at radius 2 is 1.72 bits per heavy atom. The predicted molar refractivity (Wildman–Crippen MR) is 149 cm³/mol.